The van der Waals surface area contributed by atoms with Crippen LogP contribution >= 0.6 is 0 Å². The number of halogens is 1. The van der Waals surface area contributed by atoms with E-state index in [1.807, 2.05) is 12.2 Å². The molecule has 2 aliphatic carbocycles. The van der Waals surface area contributed by atoms with Gasteiger partial charge in [-0.1, -0.05) is 30.4 Å². The summed E-state index contributed by atoms with van der Waals surface area (Å²) in [4.78, 5) is 39.2. The molecule has 0 N–H and O–H groups in total. The number of rotatable bonds is 3. The molecule has 2 aromatic rings. The van der Waals surface area contributed by atoms with Gasteiger partial charge in [-0.15, -0.1) is 0 Å². The third-order valence-electron chi connectivity index (χ3n) is 5.85. The number of fused-ring (bicyclic) bond motifs is 5. The SMILES string of the molecule is O=C(Oc1cccc(N2C(=O)[C@@H]3[C@H](C2=O)[C@@H]2C=C[C@@H]3C2)c1)c1ccccc1F. The van der Waals surface area contributed by atoms with Crippen LogP contribution < -0.4 is 9.64 Å². The lowest BCUT2D eigenvalue weighted by Crippen LogP contribution is -2.32. The predicted octanol–water partition coefficient (Wildman–Crippen LogP) is 3.36. The molecule has 4 atom stereocenters. The number of benzene rings is 2. The Morgan fingerprint density at radius 1 is 0.964 bits per heavy atom. The number of carbonyl (C=O) groups is 3. The van der Waals surface area contributed by atoms with Crippen LogP contribution in [-0.2, 0) is 9.59 Å². The van der Waals surface area contributed by atoms with Gasteiger partial charge in [-0.05, 0) is 42.5 Å². The Kier molecular flexibility index (Phi) is 3.69. The minimum absolute atomic E-state index is 0.124. The number of nitrogens with zero attached hydrogens (tertiary/aromatic N) is 1. The molecule has 1 saturated heterocycles. The van der Waals surface area contributed by atoms with E-state index >= 15 is 0 Å². The summed E-state index contributed by atoms with van der Waals surface area (Å²) < 4.78 is 19.0. The third kappa shape index (κ3) is 2.41. The van der Waals surface area contributed by atoms with Gasteiger partial charge in [0.2, 0.25) is 11.8 Å². The van der Waals surface area contributed by atoms with Crippen LogP contribution in [0.4, 0.5) is 10.1 Å². The summed E-state index contributed by atoms with van der Waals surface area (Å²) in [5, 5.41) is 0. The highest BCUT2D eigenvalue weighted by Gasteiger charge is 2.59. The fourth-order valence-electron chi connectivity index (χ4n) is 4.63. The molecule has 1 saturated carbocycles. The van der Waals surface area contributed by atoms with E-state index in [1.54, 1.807) is 18.2 Å². The van der Waals surface area contributed by atoms with E-state index in [9.17, 15) is 18.8 Å². The molecule has 5 rings (SSSR count). The first-order chi connectivity index (χ1) is 13.5. The number of hydrogen-bond acceptors (Lipinski definition) is 4. The third-order valence-corrected chi connectivity index (χ3v) is 5.85. The monoisotopic (exact) mass is 377 g/mol. The van der Waals surface area contributed by atoms with E-state index in [-0.39, 0.29) is 46.8 Å². The van der Waals surface area contributed by atoms with Crippen molar-refractivity contribution in [1.29, 1.82) is 0 Å². The van der Waals surface area contributed by atoms with Gasteiger partial charge >= 0.3 is 5.97 Å². The minimum atomic E-state index is -0.839. The number of ether oxygens (including phenoxy) is 1. The lowest BCUT2D eigenvalue weighted by Gasteiger charge is -2.18. The lowest BCUT2D eigenvalue weighted by atomic mass is 9.85. The van der Waals surface area contributed by atoms with E-state index in [2.05, 4.69) is 0 Å². The van der Waals surface area contributed by atoms with Crippen molar-refractivity contribution in [2.75, 3.05) is 4.90 Å². The van der Waals surface area contributed by atoms with Gasteiger partial charge in [0, 0.05) is 6.07 Å². The van der Waals surface area contributed by atoms with Crippen molar-refractivity contribution in [3.63, 3.8) is 0 Å². The van der Waals surface area contributed by atoms with Gasteiger partial charge in [0.05, 0.1) is 23.1 Å². The van der Waals surface area contributed by atoms with Crippen molar-refractivity contribution in [3.8, 4) is 5.75 Å². The highest BCUT2D eigenvalue weighted by Crippen LogP contribution is 2.53. The number of esters is 1. The molecule has 0 spiro atoms. The Morgan fingerprint density at radius 3 is 2.32 bits per heavy atom. The number of carbonyl (C=O) groups excluding carboxylic acids is 3. The zero-order valence-electron chi connectivity index (χ0n) is 14.7. The molecule has 0 radical (unpaired) electrons. The summed E-state index contributed by atoms with van der Waals surface area (Å²) in [5.41, 5.74) is 0.182. The largest absolute Gasteiger partial charge is 0.423 e. The molecule has 1 aliphatic heterocycles. The predicted molar refractivity (Wildman–Crippen MR) is 98.0 cm³/mol. The second-order valence-electron chi connectivity index (χ2n) is 7.38. The fourth-order valence-corrected chi connectivity index (χ4v) is 4.63. The number of anilines is 1. The average Bonchev–Trinajstić information content (AvgIpc) is 3.36. The smallest absolute Gasteiger partial charge is 0.346 e. The second kappa shape index (κ2) is 6.12. The van der Waals surface area contributed by atoms with Crippen molar-refractivity contribution >= 4 is 23.5 Å². The van der Waals surface area contributed by atoms with Gasteiger partial charge in [0.25, 0.3) is 0 Å². The van der Waals surface area contributed by atoms with E-state index in [0.29, 0.717) is 5.69 Å². The summed E-state index contributed by atoms with van der Waals surface area (Å²) in [6, 6.07) is 11.8. The van der Waals surface area contributed by atoms with Crippen molar-refractivity contribution in [2.45, 2.75) is 6.42 Å². The molecule has 6 heteroatoms. The summed E-state index contributed by atoms with van der Waals surface area (Å²) in [6.45, 7) is 0. The van der Waals surface area contributed by atoms with Gasteiger partial charge in [0.15, 0.2) is 0 Å². The van der Waals surface area contributed by atoms with Crippen LogP contribution in [0, 0.1) is 29.5 Å². The highest BCUT2D eigenvalue weighted by atomic mass is 19.1. The summed E-state index contributed by atoms with van der Waals surface area (Å²) in [5.74, 6) is -2.13. The molecule has 2 fully saturated rings. The maximum atomic E-state index is 13.8. The van der Waals surface area contributed by atoms with Gasteiger partial charge in [0.1, 0.15) is 11.6 Å². The van der Waals surface area contributed by atoms with E-state index < -0.39 is 11.8 Å². The molecule has 0 aromatic heterocycles. The summed E-state index contributed by atoms with van der Waals surface area (Å²) in [7, 11) is 0. The standard InChI is InChI=1S/C22H16FNO4/c23-17-7-2-1-6-16(17)22(27)28-15-5-3-4-14(11-15)24-20(25)18-12-8-9-13(10-12)19(18)21(24)26/h1-9,11-13,18-19H,10H2/t12-,13-,18-,19+/m1/s1. The number of amides is 2. The Bertz CT molecular complexity index is 1020. The van der Waals surface area contributed by atoms with Crippen molar-refractivity contribution in [2.24, 2.45) is 23.7 Å². The Morgan fingerprint density at radius 2 is 1.64 bits per heavy atom. The van der Waals surface area contributed by atoms with E-state index in [0.717, 1.165) is 6.42 Å². The number of hydrogen-bond donors (Lipinski definition) is 0. The molecule has 140 valence electrons. The molecule has 28 heavy (non-hydrogen) atoms. The molecular formula is C22H16FNO4. The second-order valence-corrected chi connectivity index (χ2v) is 7.38. The van der Waals surface area contributed by atoms with Crippen LogP contribution in [-0.4, -0.2) is 17.8 Å². The fraction of sp³-hybridized carbons (Fsp3) is 0.227. The van der Waals surface area contributed by atoms with Crippen LogP contribution in [0.2, 0.25) is 0 Å². The molecule has 1 heterocycles. The van der Waals surface area contributed by atoms with Gasteiger partial charge in [-0.3, -0.25) is 9.59 Å². The Hall–Kier alpha value is -3.28. The molecule has 0 unspecified atom stereocenters. The first-order valence-corrected chi connectivity index (χ1v) is 9.17. The van der Waals surface area contributed by atoms with E-state index in [4.69, 9.17) is 4.74 Å². The van der Waals surface area contributed by atoms with Crippen molar-refractivity contribution < 1.29 is 23.5 Å². The molecular weight excluding hydrogens is 361 g/mol. The van der Waals surface area contributed by atoms with Crippen LogP contribution in [0.5, 0.6) is 5.75 Å². The van der Waals surface area contributed by atoms with Gasteiger partial charge < -0.3 is 4.74 Å². The first-order valence-electron chi connectivity index (χ1n) is 9.17. The topological polar surface area (TPSA) is 63.7 Å². The Balaban J connectivity index is 1.41. The molecule has 2 aromatic carbocycles. The maximum Gasteiger partial charge on any atom is 0.346 e. The normalized spacial score (nSPS) is 27.4. The average molecular weight is 377 g/mol. The van der Waals surface area contributed by atoms with Crippen LogP contribution in [0.15, 0.2) is 60.7 Å². The Labute approximate surface area is 160 Å². The molecule has 2 amide bonds. The quantitative estimate of drug-likeness (QED) is 0.356. The summed E-state index contributed by atoms with van der Waals surface area (Å²) in [6.07, 6.45) is 4.93. The molecule has 5 nitrogen and oxygen atoms in total. The van der Waals surface area contributed by atoms with Crippen LogP contribution in [0.3, 0.4) is 0 Å². The summed E-state index contributed by atoms with van der Waals surface area (Å²) >= 11 is 0. The zero-order chi connectivity index (χ0) is 19.4. The van der Waals surface area contributed by atoms with Crippen molar-refractivity contribution in [1.82, 2.24) is 0 Å². The zero-order valence-corrected chi connectivity index (χ0v) is 14.7. The van der Waals surface area contributed by atoms with Gasteiger partial charge in [-0.25, -0.2) is 14.1 Å². The lowest BCUT2D eigenvalue weighted by molar-refractivity contribution is -0.123. The highest BCUT2D eigenvalue weighted by molar-refractivity contribution is 6.22. The van der Waals surface area contributed by atoms with E-state index in [1.165, 1.54) is 35.2 Å². The minimum Gasteiger partial charge on any atom is -0.423 e. The van der Waals surface area contributed by atoms with Crippen LogP contribution in [0.1, 0.15) is 16.8 Å². The van der Waals surface area contributed by atoms with Crippen LogP contribution in [0.25, 0.3) is 0 Å². The first kappa shape index (κ1) is 16.9. The van der Waals surface area contributed by atoms with Gasteiger partial charge in [-0.2, -0.15) is 0 Å². The molecule has 3 aliphatic rings. The maximum absolute atomic E-state index is 13.8. The molecule has 2 bridgehead atoms. The van der Waals surface area contributed by atoms with Crippen molar-refractivity contribution in [3.05, 3.63) is 72.1 Å². The number of imide groups is 1. The number of allylic oxidation sites excluding steroid dienone is 2.